The standard InChI is InChI=1S/C8H11FN2O3S/c9-7-1-3-8(4-2-7)11(6-5-10)15(12,13)14/h1-4H,5-6,10H2,(H,12,13,14). The first-order valence-electron chi connectivity index (χ1n) is 4.16. The van der Waals surface area contributed by atoms with E-state index in [-0.39, 0.29) is 18.8 Å². The van der Waals surface area contributed by atoms with E-state index in [1.807, 2.05) is 0 Å². The molecule has 0 aliphatic rings. The fourth-order valence-corrected chi connectivity index (χ4v) is 1.83. The maximum absolute atomic E-state index is 12.6. The molecule has 0 radical (unpaired) electrons. The maximum Gasteiger partial charge on any atom is 0.360 e. The summed E-state index contributed by atoms with van der Waals surface area (Å²) in [5.41, 5.74) is 5.37. The van der Waals surface area contributed by atoms with Gasteiger partial charge in [-0.05, 0) is 24.3 Å². The summed E-state index contributed by atoms with van der Waals surface area (Å²) in [6, 6.07) is 4.70. The lowest BCUT2D eigenvalue weighted by Crippen LogP contribution is -2.34. The number of benzene rings is 1. The van der Waals surface area contributed by atoms with Crippen LogP contribution in [0.15, 0.2) is 24.3 Å². The summed E-state index contributed by atoms with van der Waals surface area (Å²) >= 11 is 0. The van der Waals surface area contributed by atoms with E-state index in [0.717, 1.165) is 12.1 Å². The number of nitrogens with two attached hydrogens (primary N) is 1. The smallest absolute Gasteiger partial charge is 0.329 e. The van der Waals surface area contributed by atoms with Gasteiger partial charge in [0, 0.05) is 13.1 Å². The zero-order chi connectivity index (χ0) is 11.5. The van der Waals surface area contributed by atoms with Crippen LogP contribution in [-0.2, 0) is 10.3 Å². The molecule has 0 fully saturated rings. The molecule has 0 aromatic heterocycles. The van der Waals surface area contributed by atoms with E-state index in [4.69, 9.17) is 10.3 Å². The average molecular weight is 234 g/mol. The Bertz CT molecular complexity index is 418. The molecule has 0 unspecified atom stereocenters. The Morgan fingerprint density at radius 1 is 1.33 bits per heavy atom. The van der Waals surface area contributed by atoms with Crippen molar-refractivity contribution in [1.29, 1.82) is 0 Å². The first-order chi connectivity index (χ1) is 6.95. The number of hydrogen-bond acceptors (Lipinski definition) is 3. The van der Waals surface area contributed by atoms with Gasteiger partial charge in [-0.25, -0.2) is 8.70 Å². The highest BCUT2D eigenvalue weighted by Crippen LogP contribution is 2.16. The summed E-state index contributed by atoms with van der Waals surface area (Å²) in [6.45, 7) is -0.0123. The summed E-state index contributed by atoms with van der Waals surface area (Å²) in [5.74, 6) is -0.484. The van der Waals surface area contributed by atoms with Crippen molar-refractivity contribution >= 4 is 16.0 Å². The predicted molar refractivity (Wildman–Crippen MR) is 54.3 cm³/mol. The Balaban J connectivity index is 3.05. The summed E-state index contributed by atoms with van der Waals surface area (Å²) in [5, 5.41) is 0. The van der Waals surface area contributed by atoms with Crippen LogP contribution in [0, 0.1) is 5.82 Å². The average Bonchev–Trinajstić information content (AvgIpc) is 2.14. The van der Waals surface area contributed by atoms with Gasteiger partial charge in [-0.2, -0.15) is 8.42 Å². The van der Waals surface area contributed by atoms with Crippen molar-refractivity contribution in [2.45, 2.75) is 0 Å². The Hall–Kier alpha value is -1.18. The van der Waals surface area contributed by atoms with Crippen molar-refractivity contribution in [3.05, 3.63) is 30.1 Å². The van der Waals surface area contributed by atoms with Crippen LogP contribution < -0.4 is 10.0 Å². The molecule has 15 heavy (non-hydrogen) atoms. The molecular formula is C8H11FN2O3S. The lowest BCUT2D eigenvalue weighted by atomic mass is 10.3. The molecule has 0 atom stereocenters. The normalized spacial score (nSPS) is 11.4. The van der Waals surface area contributed by atoms with Crippen LogP contribution in [-0.4, -0.2) is 26.1 Å². The Kier molecular flexibility index (Phi) is 3.61. The van der Waals surface area contributed by atoms with Crippen LogP contribution in [0.3, 0.4) is 0 Å². The molecule has 0 aliphatic carbocycles. The quantitative estimate of drug-likeness (QED) is 0.738. The zero-order valence-corrected chi connectivity index (χ0v) is 8.61. The Labute approximate surface area is 87.2 Å². The summed E-state index contributed by atoms with van der Waals surface area (Å²) < 4.78 is 44.0. The third-order valence-electron chi connectivity index (χ3n) is 1.73. The highest BCUT2D eigenvalue weighted by atomic mass is 32.2. The van der Waals surface area contributed by atoms with Crippen molar-refractivity contribution in [3.63, 3.8) is 0 Å². The molecule has 1 aromatic rings. The number of nitrogens with zero attached hydrogens (tertiary/aromatic N) is 1. The highest BCUT2D eigenvalue weighted by molar-refractivity contribution is 7.87. The fraction of sp³-hybridized carbons (Fsp3) is 0.250. The Morgan fingerprint density at radius 2 is 1.87 bits per heavy atom. The molecule has 0 amide bonds. The molecule has 0 bridgehead atoms. The van der Waals surface area contributed by atoms with Crippen LogP contribution in [0.4, 0.5) is 10.1 Å². The molecule has 1 aromatic carbocycles. The third kappa shape index (κ3) is 3.15. The second-order valence-electron chi connectivity index (χ2n) is 2.82. The van der Waals surface area contributed by atoms with Gasteiger partial charge in [0.05, 0.1) is 5.69 Å². The predicted octanol–water partition coefficient (Wildman–Crippen LogP) is 0.394. The summed E-state index contributed by atoms with van der Waals surface area (Å²) in [6.07, 6.45) is 0. The SMILES string of the molecule is NCCN(c1ccc(F)cc1)S(=O)(=O)O. The number of anilines is 1. The van der Waals surface area contributed by atoms with Crippen LogP contribution >= 0.6 is 0 Å². The van der Waals surface area contributed by atoms with Gasteiger partial charge < -0.3 is 5.73 Å². The van der Waals surface area contributed by atoms with Gasteiger partial charge in [0.2, 0.25) is 0 Å². The van der Waals surface area contributed by atoms with Crippen molar-refractivity contribution in [2.24, 2.45) is 5.73 Å². The van der Waals surface area contributed by atoms with E-state index >= 15 is 0 Å². The lowest BCUT2D eigenvalue weighted by molar-refractivity contribution is 0.478. The van der Waals surface area contributed by atoms with Crippen LogP contribution in [0.1, 0.15) is 0 Å². The zero-order valence-electron chi connectivity index (χ0n) is 7.80. The van der Waals surface area contributed by atoms with E-state index in [9.17, 15) is 12.8 Å². The van der Waals surface area contributed by atoms with Gasteiger partial charge >= 0.3 is 10.3 Å². The van der Waals surface area contributed by atoms with Gasteiger partial charge in [-0.15, -0.1) is 0 Å². The molecule has 0 aliphatic heterocycles. The van der Waals surface area contributed by atoms with Gasteiger partial charge in [0.15, 0.2) is 0 Å². The first kappa shape index (κ1) is 11.9. The number of halogens is 1. The lowest BCUT2D eigenvalue weighted by Gasteiger charge is -2.19. The van der Waals surface area contributed by atoms with E-state index in [2.05, 4.69) is 0 Å². The molecule has 0 spiro atoms. The van der Waals surface area contributed by atoms with Crippen LogP contribution in [0.25, 0.3) is 0 Å². The molecule has 7 heteroatoms. The van der Waals surface area contributed by atoms with Crippen molar-refractivity contribution in [1.82, 2.24) is 0 Å². The van der Waals surface area contributed by atoms with Gasteiger partial charge in [0.25, 0.3) is 0 Å². The van der Waals surface area contributed by atoms with E-state index in [0.29, 0.717) is 4.31 Å². The van der Waals surface area contributed by atoms with Crippen LogP contribution in [0.5, 0.6) is 0 Å². The minimum absolute atomic E-state index is 0.0527. The van der Waals surface area contributed by atoms with Crippen molar-refractivity contribution < 1.29 is 17.4 Å². The first-order valence-corrected chi connectivity index (χ1v) is 5.55. The topological polar surface area (TPSA) is 83.6 Å². The summed E-state index contributed by atoms with van der Waals surface area (Å²) in [7, 11) is -4.36. The highest BCUT2D eigenvalue weighted by Gasteiger charge is 2.18. The molecule has 5 nitrogen and oxygen atoms in total. The van der Waals surface area contributed by atoms with Gasteiger partial charge in [0.1, 0.15) is 5.82 Å². The minimum Gasteiger partial charge on any atom is -0.329 e. The van der Waals surface area contributed by atoms with Crippen molar-refractivity contribution in [3.8, 4) is 0 Å². The molecular weight excluding hydrogens is 223 g/mol. The van der Waals surface area contributed by atoms with Crippen molar-refractivity contribution in [2.75, 3.05) is 17.4 Å². The molecule has 0 heterocycles. The molecule has 84 valence electrons. The fourth-order valence-electron chi connectivity index (χ4n) is 1.10. The number of rotatable bonds is 4. The monoisotopic (exact) mass is 234 g/mol. The summed E-state index contributed by atoms with van der Waals surface area (Å²) in [4.78, 5) is 0. The van der Waals surface area contributed by atoms with E-state index in [1.54, 1.807) is 0 Å². The third-order valence-corrected chi connectivity index (χ3v) is 2.68. The molecule has 3 N–H and O–H groups in total. The minimum atomic E-state index is -4.36. The van der Waals surface area contributed by atoms with E-state index < -0.39 is 16.1 Å². The molecule has 1 rings (SSSR count). The maximum atomic E-state index is 12.6. The number of hydrogen-bond donors (Lipinski definition) is 2. The largest absolute Gasteiger partial charge is 0.360 e. The Morgan fingerprint density at radius 3 is 2.27 bits per heavy atom. The molecule has 0 saturated carbocycles. The van der Waals surface area contributed by atoms with Gasteiger partial charge in [-0.1, -0.05) is 0 Å². The molecule has 0 saturated heterocycles. The second kappa shape index (κ2) is 4.56. The second-order valence-corrected chi connectivity index (χ2v) is 4.15. The van der Waals surface area contributed by atoms with E-state index in [1.165, 1.54) is 12.1 Å². The van der Waals surface area contributed by atoms with Gasteiger partial charge in [-0.3, -0.25) is 4.55 Å². The van der Waals surface area contributed by atoms with Crippen LogP contribution in [0.2, 0.25) is 0 Å².